The van der Waals surface area contributed by atoms with Crippen LogP contribution in [-0.4, -0.2) is 13.2 Å². The molecule has 1 aromatic carbocycles. The zero-order valence-corrected chi connectivity index (χ0v) is 11.0. The zero-order chi connectivity index (χ0) is 12.5. The molecule has 0 unspecified atom stereocenters. The molecule has 0 aliphatic heterocycles. The van der Waals surface area contributed by atoms with Gasteiger partial charge in [-0.2, -0.15) is 0 Å². The van der Waals surface area contributed by atoms with Gasteiger partial charge in [0.05, 0.1) is 13.2 Å². The van der Waals surface area contributed by atoms with Gasteiger partial charge in [-0.15, -0.1) is 0 Å². The molecule has 0 amide bonds. The number of aryl methyl sites for hydroxylation is 1. The highest BCUT2D eigenvalue weighted by Gasteiger charge is 2.04. The first-order chi connectivity index (χ1) is 8.27. The van der Waals surface area contributed by atoms with Crippen LogP contribution < -0.4 is 9.47 Å². The molecule has 0 aliphatic rings. The molecule has 0 saturated carbocycles. The van der Waals surface area contributed by atoms with Gasteiger partial charge < -0.3 is 9.47 Å². The van der Waals surface area contributed by atoms with Gasteiger partial charge in [-0.1, -0.05) is 25.1 Å². The predicted octanol–water partition coefficient (Wildman–Crippen LogP) is 4.13. The topological polar surface area (TPSA) is 18.5 Å². The average molecular weight is 234 g/mol. The molecule has 1 aromatic rings. The van der Waals surface area contributed by atoms with E-state index >= 15 is 0 Å². The number of allylic oxidation sites excluding steroid dienone is 1. The van der Waals surface area contributed by atoms with Gasteiger partial charge in [0.1, 0.15) is 0 Å². The Morgan fingerprint density at radius 1 is 1.06 bits per heavy atom. The molecule has 0 spiro atoms. The van der Waals surface area contributed by atoms with Gasteiger partial charge in [-0.3, -0.25) is 0 Å². The van der Waals surface area contributed by atoms with Crippen LogP contribution in [-0.2, 0) is 0 Å². The molecule has 2 nitrogen and oxygen atoms in total. The van der Waals surface area contributed by atoms with Gasteiger partial charge in [0.2, 0.25) is 0 Å². The van der Waals surface area contributed by atoms with Gasteiger partial charge in [0.15, 0.2) is 11.5 Å². The van der Waals surface area contributed by atoms with E-state index in [2.05, 4.69) is 26.0 Å². The normalized spacial score (nSPS) is 10.8. The van der Waals surface area contributed by atoms with Crippen LogP contribution in [0, 0.1) is 6.92 Å². The van der Waals surface area contributed by atoms with E-state index in [0.29, 0.717) is 13.2 Å². The van der Waals surface area contributed by atoms with Crippen molar-refractivity contribution in [2.75, 3.05) is 13.2 Å². The van der Waals surface area contributed by atoms with E-state index in [9.17, 15) is 0 Å². The summed E-state index contributed by atoms with van der Waals surface area (Å²) in [4.78, 5) is 0. The third-order valence-corrected chi connectivity index (χ3v) is 2.34. The Bertz CT molecular complexity index is 356. The van der Waals surface area contributed by atoms with Crippen molar-refractivity contribution in [2.45, 2.75) is 33.6 Å². The highest BCUT2D eigenvalue weighted by Crippen LogP contribution is 2.28. The van der Waals surface area contributed by atoms with Gasteiger partial charge in [-0.05, 0) is 44.4 Å². The van der Waals surface area contributed by atoms with E-state index in [0.717, 1.165) is 24.3 Å². The molecule has 0 radical (unpaired) electrons. The Hall–Kier alpha value is -1.44. The number of hydrogen-bond acceptors (Lipinski definition) is 2. The van der Waals surface area contributed by atoms with Gasteiger partial charge in [-0.25, -0.2) is 0 Å². The van der Waals surface area contributed by atoms with Gasteiger partial charge in [0.25, 0.3) is 0 Å². The summed E-state index contributed by atoms with van der Waals surface area (Å²) in [5.41, 5.74) is 1.19. The number of ether oxygens (including phenoxy) is 2. The Balaban J connectivity index is 2.55. The quantitative estimate of drug-likeness (QED) is 0.521. The molecule has 17 heavy (non-hydrogen) atoms. The molecule has 2 heteroatoms. The first-order valence-corrected chi connectivity index (χ1v) is 6.29. The van der Waals surface area contributed by atoms with Crippen LogP contribution in [0.4, 0.5) is 0 Å². The first kappa shape index (κ1) is 13.6. The number of benzene rings is 1. The molecule has 0 aliphatic carbocycles. The molecule has 1 rings (SSSR count). The summed E-state index contributed by atoms with van der Waals surface area (Å²) in [5, 5.41) is 0. The van der Waals surface area contributed by atoms with E-state index in [1.807, 2.05) is 25.1 Å². The monoisotopic (exact) mass is 234 g/mol. The molecule has 0 aromatic heterocycles. The highest BCUT2D eigenvalue weighted by molar-refractivity contribution is 5.42. The standard InChI is InChI=1S/C15H22O2/c1-4-6-7-8-11-17-15-12-13(3)9-10-14(15)16-5-2/h6-7,9-10,12H,4-5,8,11H2,1-3H3. The Morgan fingerprint density at radius 3 is 2.59 bits per heavy atom. The van der Waals surface area contributed by atoms with E-state index in [1.165, 1.54) is 5.56 Å². The van der Waals surface area contributed by atoms with E-state index < -0.39 is 0 Å². The molecule has 0 saturated heterocycles. The van der Waals surface area contributed by atoms with E-state index in [-0.39, 0.29) is 0 Å². The molecular weight excluding hydrogens is 212 g/mol. The Kier molecular flexibility index (Phi) is 6.23. The van der Waals surface area contributed by atoms with Crippen molar-refractivity contribution in [1.82, 2.24) is 0 Å². The Labute approximate surface area is 104 Å². The summed E-state index contributed by atoms with van der Waals surface area (Å²) < 4.78 is 11.3. The largest absolute Gasteiger partial charge is 0.490 e. The lowest BCUT2D eigenvalue weighted by molar-refractivity contribution is 0.280. The maximum Gasteiger partial charge on any atom is 0.161 e. The van der Waals surface area contributed by atoms with Crippen molar-refractivity contribution in [2.24, 2.45) is 0 Å². The molecule has 0 fully saturated rings. The smallest absolute Gasteiger partial charge is 0.161 e. The number of hydrogen-bond donors (Lipinski definition) is 0. The van der Waals surface area contributed by atoms with Crippen LogP contribution in [0.3, 0.4) is 0 Å². The summed E-state index contributed by atoms with van der Waals surface area (Å²) in [5.74, 6) is 1.68. The van der Waals surface area contributed by atoms with E-state index in [4.69, 9.17) is 9.47 Å². The Morgan fingerprint density at radius 2 is 1.88 bits per heavy atom. The van der Waals surface area contributed by atoms with Crippen molar-refractivity contribution >= 4 is 0 Å². The van der Waals surface area contributed by atoms with Crippen LogP contribution in [0.15, 0.2) is 30.4 Å². The molecule has 0 N–H and O–H groups in total. The van der Waals surface area contributed by atoms with Crippen molar-refractivity contribution in [3.05, 3.63) is 35.9 Å². The molecule has 94 valence electrons. The molecule has 0 atom stereocenters. The third kappa shape index (κ3) is 4.94. The zero-order valence-electron chi connectivity index (χ0n) is 11.0. The minimum atomic E-state index is 0.662. The predicted molar refractivity (Wildman–Crippen MR) is 71.9 cm³/mol. The highest BCUT2D eigenvalue weighted by atomic mass is 16.5. The summed E-state index contributed by atoms with van der Waals surface area (Å²) >= 11 is 0. The van der Waals surface area contributed by atoms with Crippen molar-refractivity contribution in [3.63, 3.8) is 0 Å². The lowest BCUT2D eigenvalue weighted by atomic mass is 10.2. The molecule has 0 heterocycles. The second-order valence-electron chi connectivity index (χ2n) is 3.90. The molecular formula is C15H22O2. The summed E-state index contributed by atoms with van der Waals surface area (Å²) in [6.07, 6.45) is 6.32. The van der Waals surface area contributed by atoms with Crippen LogP contribution in [0.25, 0.3) is 0 Å². The van der Waals surface area contributed by atoms with Crippen LogP contribution >= 0.6 is 0 Å². The fraction of sp³-hybridized carbons (Fsp3) is 0.467. The van der Waals surface area contributed by atoms with E-state index in [1.54, 1.807) is 0 Å². The van der Waals surface area contributed by atoms with Crippen LogP contribution in [0.1, 0.15) is 32.3 Å². The van der Waals surface area contributed by atoms with Crippen molar-refractivity contribution in [3.8, 4) is 11.5 Å². The van der Waals surface area contributed by atoms with Crippen LogP contribution in [0.5, 0.6) is 11.5 Å². The van der Waals surface area contributed by atoms with Crippen molar-refractivity contribution in [1.29, 1.82) is 0 Å². The fourth-order valence-corrected chi connectivity index (χ4v) is 1.52. The SMILES string of the molecule is CCC=CCCOc1cc(C)ccc1OCC. The summed E-state index contributed by atoms with van der Waals surface area (Å²) in [7, 11) is 0. The van der Waals surface area contributed by atoms with Gasteiger partial charge >= 0.3 is 0 Å². The summed E-state index contributed by atoms with van der Waals surface area (Å²) in [6, 6.07) is 6.03. The first-order valence-electron chi connectivity index (χ1n) is 6.29. The lowest BCUT2D eigenvalue weighted by Gasteiger charge is -2.11. The second kappa shape index (κ2) is 7.77. The minimum absolute atomic E-state index is 0.662. The van der Waals surface area contributed by atoms with Gasteiger partial charge in [0, 0.05) is 0 Å². The summed E-state index contributed by atoms with van der Waals surface area (Å²) in [6.45, 7) is 7.52. The lowest BCUT2D eigenvalue weighted by Crippen LogP contribution is -2.00. The second-order valence-corrected chi connectivity index (χ2v) is 3.90. The minimum Gasteiger partial charge on any atom is -0.490 e. The average Bonchev–Trinajstić information content (AvgIpc) is 2.32. The fourth-order valence-electron chi connectivity index (χ4n) is 1.52. The van der Waals surface area contributed by atoms with Crippen molar-refractivity contribution < 1.29 is 9.47 Å². The molecule has 0 bridgehead atoms. The maximum absolute atomic E-state index is 5.74. The van der Waals surface area contributed by atoms with Crippen LogP contribution in [0.2, 0.25) is 0 Å². The third-order valence-electron chi connectivity index (χ3n) is 2.34. The number of rotatable bonds is 7. The maximum atomic E-state index is 5.74.